The summed E-state index contributed by atoms with van der Waals surface area (Å²) in [5.41, 5.74) is 2.55. The average Bonchev–Trinajstić information content (AvgIpc) is 2.79. The van der Waals surface area contributed by atoms with Crippen molar-refractivity contribution in [3.05, 3.63) is 59.2 Å². The van der Waals surface area contributed by atoms with Crippen LogP contribution < -0.4 is 14.8 Å². The summed E-state index contributed by atoms with van der Waals surface area (Å²) < 4.78 is 15.5. The highest BCUT2D eigenvalue weighted by Gasteiger charge is 2.29. The first-order valence-corrected chi connectivity index (χ1v) is 10.2. The lowest BCUT2D eigenvalue weighted by atomic mass is 9.79. The number of nitrogens with one attached hydrogen (secondary N) is 1. The highest BCUT2D eigenvalue weighted by molar-refractivity contribution is 5.94. The number of ether oxygens (including phenoxy) is 3. The molecule has 0 aromatic heterocycles. The van der Waals surface area contributed by atoms with Gasteiger partial charge in [0.25, 0.3) is 5.91 Å². The van der Waals surface area contributed by atoms with Gasteiger partial charge in [0.1, 0.15) is 0 Å². The van der Waals surface area contributed by atoms with Crippen LogP contribution in [0.5, 0.6) is 11.5 Å². The van der Waals surface area contributed by atoms with E-state index in [1.54, 1.807) is 38.5 Å². The highest BCUT2D eigenvalue weighted by Crippen LogP contribution is 2.37. The van der Waals surface area contributed by atoms with Gasteiger partial charge in [-0.3, -0.25) is 9.59 Å². The molecule has 0 aliphatic heterocycles. The smallest absolute Gasteiger partial charge is 0.309 e. The summed E-state index contributed by atoms with van der Waals surface area (Å²) in [4.78, 5) is 24.3. The van der Waals surface area contributed by atoms with Gasteiger partial charge in [-0.15, -0.1) is 0 Å². The van der Waals surface area contributed by atoms with E-state index in [-0.39, 0.29) is 30.3 Å². The third kappa shape index (κ3) is 5.12. The van der Waals surface area contributed by atoms with Crippen molar-refractivity contribution in [3.8, 4) is 11.5 Å². The molecule has 2 atom stereocenters. The molecule has 30 heavy (non-hydrogen) atoms. The van der Waals surface area contributed by atoms with Crippen LogP contribution in [0.25, 0.3) is 0 Å². The maximum absolute atomic E-state index is 12.9. The molecule has 0 bridgehead atoms. The minimum Gasteiger partial charge on any atom is -0.493 e. The number of carbonyl (C=O) groups excluding carboxylic acids is 2. The number of benzene rings is 2. The minimum absolute atomic E-state index is 0.0547. The zero-order valence-corrected chi connectivity index (χ0v) is 17.8. The predicted molar refractivity (Wildman–Crippen MR) is 114 cm³/mol. The van der Waals surface area contributed by atoms with Gasteiger partial charge in [-0.2, -0.15) is 0 Å². The lowest BCUT2D eigenvalue weighted by Crippen LogP contribution is -2.41. The molecule has 1 saturated carbocycles. The molecule has 0 saturated heterocycles. The van der Waals surface area contributed by atoms with Gasteiger partial charge in [0.05, 0.1) is 27.8 Å². The molecule has 1 amide bonds. The fourth-order valence-electron chi connectivity index (χ4n) is 4.05. The molecule has 1 aliphatic carbocycles. The number of hydrogen-bond donors (Lipinski definition) is 1. The third-order valence-electron chi connectivity index (χ3n) is 5.71. The van der Waals surface area contributed by atoms with Crippen molar-refractivity contribution in [2.24, 2.45) is 0 Å². The molecule has 6 nitrogen and oxygen atoms in total. The third-order valence-corrected chi connectivity index (χ3v) is 5.71. The summed E-state index contributed by atoms with van der Waals surface area (Å²) in [5.74, 6) is 1.22. The van der Waals surface area contributed by atoms with E-state index in [2.05, 4.69) is 16.1 Å². The Bertz CT molecular complexity index is 878. The Balaban J connectivity index is 1.72. The number of amides is 1. The van der Waals surface area contributed by atoms with E-state index in [1.807, 2.05) is 12.1 Å². The van der Waals surface area contributed by atoms with Crippen molar-refractivity contribution in [3.63, 3.8) is 0 Å². The molecule has 1 aliphatic rings. The fourth-order valence-corrected chi connectivity index (χ4v) is 4.05. The van der Waals surface area contributed by atoms with Crippen molar-refractivity contribution < 1.29 is 23.8 Å². The van der Waals surface area contributed by atoms with Crippen molar-refractivity contribution in [1.82, 2.24) is 5.32 Å². The molecule has 1 fully saturated rings. The van der Waals surface area contributed by atoms with Crippen LogP contribution in [0.15, 0.2) is 42.5 Å². The van der Waals surface area contributed by atoms with E-state index in [4.69, 9.17) is 9.47 Å². The molecule has 2 aromatic rings. The van der Waals surface area contributed by atoms with Gasteiger partial charge in [-0.25, -0.2) is 0 Å². The Morgan fingerprint density at radius 3 is 2.30 bits per heavy atom. The Labute approximate surface area is 177 Å². The molecule has 0 heterocycles. The maximum Gasteiger partial charge on any atom is 0.309 e. The second-order valence-electron chi connectivity index (χ2n) is 7.54. The standard InChI is InChI=1S/C24H29NO5/c1-28-21-13-12-18(15-22(21)29-2)19-6-4-5-7-20(19)25-24(27)17-10-8-16(9-11-17)14-23(26)30-3/h8-13,15,19-20H,4-7,14H2,1-3H3,(H,25,27). The van der Waals surface area contributed by atoms with Crippen molar-refractivity contribution in [2.45, 2.75) is 44.1 Å². The SMILES string of the molecule is COC(=O)Cc1ccc(C(=O)NC2CCCCC2c2ccc(OC)c(OC)c2)cc1. The number of carbonyl (C=O) groups is 2. The van der Waals surface area contributed by atoms with Crippen LogP contribution in [-0.4, -0.2) is 39.2 Å². The van der Waals surface area contributed by atoms with Crippen LogP contribution in [0, 0.1) is 0 Å². The van der Waals surface area contributed by atoms with Crippen LogP contribution in [0.4, 0.5) is 0 Å². The van der Waals surface area contributed by atoms with Crippen molar-refractivity contribution in [1.29, 1.82) is 0 Å². The summed E-state index contributed by atoms with van der Waals surface area (Å²) in [5, 5.41) is 3.22. The molecule has 0 radical (unpaired) electrons. The average molecular weight is 411 g/mol. The summed E-state index contributed by atoms with van der Waals surface area (Å²) >= 11 is 0. The van der Waals surface area contributed by atoms with Crippen LogP contribution in [0.1, 0.15) is 53.1 Å². The van der Waals surface area contributed by atoms with Gasteiger partial charge < -0.3 is 19.5 Å². The topological polar surface area (TPSA) is 73.9 Å². The first-order valence-electron chi connectivity index (χ1n) is 10.2. The molecule has 3 rings (SSSR count). The number of rotatable bonds is 7. The first kappa shape index (κ1) is 21.7. The van der Waals surface area contributed by atoms with E-state index < -0.39 is 0 Å². The highest BCUT2D eigenvalue weighted by atomic mass is 16.5. The number of methoxy groups -OCH3 is 3. The van der Waals surface area contributed by atoms with E-state index >= 15 is 0 Å². The zero-order chi connectivity index (χ0) is 21.5. The monoisotopic (exact) mass is 411 g/mol. The van der Waals surface area contributed by atoms with Gasteiger partial charge in [0, 0.05) is 17.5 Å². The molecule has 2 unspecified atom stereocenters. The van der Waals surface area contributed by atoms with Crippen LogP contribution >= 0.6 is 0 Å². The predicted octanol–water partition coefficient (Wildman–Crippen LogP) is 3.88. The molecule has 6 heteroatoms. The second-order valence-corrected chi connectivity index (χ2v) is 7.54. The van der Waals surface area contributed by atoms with Crippen LogP contribution in [0.3, 0.4) is 0 Å². The van der Waals surface area contributed by atoms with Crippen LogP contribution in [-0.2, 0) is 16.0 Å². The quantitative estimate of drug-likeness (QED) is 0.700. The molecule has 0 spiro atoms. The maximum atomic E-state index is 12.9. The lowest BCUT2D eigenvalue weighted by molar-refractivity contribution is -0.139. The Morgan fingerprint density at radius 2 is 1.63 bits per heavy atom. The Kier molecular flexibility index (Phi) is 7.33. The van der Waals surface area contributed by atoms with Gasteiger partial charge in [0.15, 0.2) is 11.5 Å². The summed E-state index contributed by atoms with van der Waals surface area (Å²) in [6, 6.07) is 13.1. The van der Waals surface area contributed by atoms with Gasteiger partial charge >= 0.3 is 5.97 Å². The molecular formula is C24H29NO5. The van der Waals surface area contributed by atoms with Crippen LogP contribution in [0.2, 0.25) is 0 Å². The molecule has 2 aromatic carbocycles. The molecule has 1 N–H and O–H groups in total. The summed E-state index contributed by atoms with van der Waals surface area (Å²) in [7, 11) is 4.62. The van der Waals surface area contributed by atoms with Gasteiger partial charge in [0.2, 0.25) is 0 Å². The second kappa shape index (κ2) is 10.1. The minimum atomic E-state index is -0.299. The van der Waals surface area contributed by atoms with Gasteiger partial charge in [-0.05, 0) is 48.2 Å². The summed E-state index contributed by atoms with van der Waals surface area (Å²) in [6.45, 7) is 0. The fraction of sp³-hybridized carbons (Fsp3) is 0.417. The normalized spacial score (nSPS) is 18.4. The largest absolute Gasteiger partial charge is 0.493 e. The number of esters is 1. The Morgan fingerprint density at radius 1 is 0.933 bits per heavy atom. The van der Waals surface area contributed by atoms with Gasteiger partial charge in [-0.1, -0.05) is 31.0 Å². The first-order chi connectivity index (χ1) is 14.5. The van der Waals surface area contributed by atoms with E-state index in [0.717, 1.165) is 36.8 Å². The van der Waals surface area contributed by atoms with E-state index in [0.29, 0.717) is 17.1 Å². The van der Waals surface area contributed by atoms with E-state index in [1.165, 1.54) is 7.11 Å². The Hall–Kier alpha value is -3.02. The van der Waals surface area contributed by atoms with Crippen molar-refractivity contribution >= 4 is 11.9 Å². The zero-order valence-electron chi connectivity index (χ0n) is 17.8. The molecular weight excluding hydrogens is 382 g/mol. The number of hydrogen-bond acceptors (Lipinski definition) is 5. The lowest BCUT2D eigenvalue weighted by Gasteiger charge is -2.33. The summed E-state index contributed by atoms with van der Waals surface area (Å²) in [6.07, 6.45) is 4.37. The molecule has 160 valence electrons. The van der Waals surface area contributed by atoms with Crippen molar-refractivity contribution in [2.75, 3.05) is 21.3 Å². The van der Waals surface area contributed by atoms with E-state index in [9.17, 15) is 9.59 Å².